The molecule has 3 atom stereocenters. The van der Waals surface area contributed by atoms with Crippen LogP contribution in [0.2, 0.25) is 0 Å². The molecular weight excluding hydrogens is 472 g/mol. The number of alkyl carbamates (subject to hydrolysis) is 1. The van der Waals surface area contributed by atoms with E-state index >= 15 is 0 Å². The smallest absolute Gasteiger partial charge is 0.407 e. The number of hydrogen-bond acceptors (Lipinski definition) is 6. The van der Waals surface area contributed by atoms with Crippen LogP contribution in [0, 0.1) is 5.41 Å². The quantitative estimate of drug-likeness (QED) is 0.605. The van der Waals surface area contributed by atoms with Crippen LogP contribution >= 0.6 is 0 Å². The van der Waals surface area contributed by atoms with Crippen molar-refractivity contribution in [1.82, 2.24) is 10.2 Å². The number of nitrogens with one attached hydrogen (secondary N) is 1. The summed E-state index contributed by atoms with van der Waals surface area (Å²) in [7, 11) is 2.94. The van der Waals surface area contributed by atoms with Crippen molar-refractivity contribution in [2.45, 2.75) is 70.6 Å². The molecule has 0 spiro atoms. The third-order valence-corrected chi connectivity index (χ3v) is 7.64. The molecule has 200 valence electrons. The minimum absolute atomic E-state index is 0.156. The van der Waals surface area contributed by atoms with E-state index in [1.54, 1.807) is 7.11 Å². The molecule has 0 radical (unpaired) electrons. The highest BCUT2D eigenvalue weighted by Crippen LogP contribution is 2.42. The van der Waals surface area contributed by atoms with Gasteiger partial charge in [-0.2, -0.15) is 0 Å². The van der Waals surface area contributed by atoms with Crippen molar-refractivity contribution in [2.24, 2.45) is 5.41 Å². The Kier molecular flexibility index (Phi) is 7.78. The van der Waals surface area contributed by atoms with Crippen LogP contribution in [-0.4, -0.2) is 62.3 Å². The van der Waals surface area contributed by atoms with Crippen LogP contribution in [0.1, 0.15) is 57.6 Å². The van der Waals surface area contributed by atoms with E-state index in [0.717, 1.165) is 36.6 Å². The molecule has 4 rings (SSSR count). The second-order valence-electron chi connectivity index (χ2n) is 11.2. The fourth-order valence-corrected chi connectivity index (χ4v) is 5.52. The Bertz CT molecular complexity index is 1170. The van der Waals surface area contributed by atoms with Crippen LogP contribution in [-0.2, 0) is 35.8 Å². The van der Waals surface area contributed by atoms with E-state index in [0.29, 0.717) is 0 Å². The fourth-order valence-electron chi connectivity index (χ4n) is 5.52. The van der Waals surface area contributed by atoms with Gasteiger partial charge in [0.05, 0.1) is 20.3 Å². The van der Waals surface area contributed by atoms with Gasteiger partial charge in [-0.1, -0.05) is 51.1 Å². The van der Waals surface area contributed by atoms with E-state index in [2.05, 4.69) is 29.6 Å². The summed E-state index contributed by atoms with van der Waals surface area (Å²) in [5.41, 5.74) is 0.589. The summed E-state index contributed by atoms with van der Waals surface area (Å²) in [5, 5.41) is 5.03. The first-order chi connectivity index (χ1) is 17.6. The Labute approximate surface area is 218 Å². The van der Waals surface area contributed by atoms with Gasteiger partial charge in [-0.25, -0.2) is 9.59 Å². The number of aryl methyl sites for hydroxylation is 1. The van der Waals surface area contributed by atoms with E-state index < -0.39 is 35.2 Å². The number of fused-ring (bicyclic) bond motifs is 7. The zero-order valence-corrected chi connectivity index (χ0v) is 22.5. The van der Waals surface area contributed by atoms with Crippen molar-refractivity contribution in [2.75, 3.05) is 27.4 Å². The topological polar surface area (TPSA) is 94.2 Å². The highest BCUT2D eigenvalue weighted by Gasteiger charge is 2.53. The monoisotopic (exact) mass is 510 g/mol. The molecule has 2 heterocycles. The summed E-state index contributed by atoms with van der Waals surface area (Å²) in [6, 6.07) is 10.8. The van der Waals surface area contributed by atoms with Gasteiger partial charge in [-0.15, -0.1) is 0 Å². The summed E-state index contributed by atoms with van der Waals surface area (Å²) in [6.07, 6.45) is 3.05. The van der Waals surface area contributed by atoms with Crippen LogP contribution in [0.5, 0.6) is 0 Å². The first-order valence-electron chi connectivity index (χ1n) is 13.0. The average Bonchev–Trinajstić information content (AvgIpc) is 3.28. The first-order valence-corrected chi connectivity index (χ1v) is 13.0. The normalized spacial score (nSPS) is 25.5. The largest absolute Gasteiger partial charge is 0.467 e. The molecule has 2 aliphatic heterocycles. The van der Waals surface area contributed by atoms with Gasteiger partial charge in [0.1, 0.15) is 17.7 Å². The number of rotatable bonds is 2. The van der Waals surface area contributed by atoms with Crippen molar-refractivity contribution >= 4 is 28.7 Å². The lowest BCUT2D eigenvalue weighted by Crippen LogP contribution is -2.57. The first kappa shape index (κ1) is 26.9. The lowest BCUT2D eigenvalue weighted by molar-refractivity contribution is -0.152. The SMILES string of the molecule is COC(=O)[C@@H]1C[C@]2(OC)CN1C(=O)[C@H](C(C)(C)C)NC(=O)OCCCCCc1cc2cc2ccccc12. The number of esters is 1. The number of carbonyl (C=O) groups excluding carboxylic acids is 3. The molecule has 0 aromatic heterocycles. The number of nitrogens with zero attached hydrogens (tertiary/aromatic N) is 1. The van der Waals surface area contributed by atoms with Crippen LogP contribution in [0.25, 0.3) is 10.8 Å². The third kappa shape index (κ3) is 5.44. The van der Waals surface area contributed by atoms with Crippen molar-refractivity contribution in [1.29, 1.82) is 0 Å². The van der Waals surface area contributed by atoms with Gasteiger partial charge in [0.15, 0.2) is 0 Å². The van der Waals surface area contributed by atoms with E-state index in [1.165, 1.54) is 23.0 Å². The Morgan fingerprint density at radius 3 is 2.57 bits per heavy atom. The average molecular weight is 511 g/mol. The summed E-state index contributed by atoms with van der Waals surface area (Å²) < 4.78 is 16.7. The van der Waals surface area contributed by atoms with Crippen LogP contribution in [0.15, 0.2) is 36.4 Å². The minimum atomic E-state index is -0.909. The summed E-state index contributed by atoms with van der Waals surface area (Å²) in [5.74, 6) is -0.881. The minimum Gasteiger partial charge on any atom is -0.467 e. The maximum Gasteiger partial charge on any atom is 0.407 e. The molecule has 2 amide bonds. The van der Waals surface area contributed by atoms with Crippen molar-refractivity contribution in [3.8, 4) is 0 Å². The summed E-state index contributed by atoms with van der Waals surface area (Å²) in [4.78, 5) is 41.1. The molecule has 8 nitrogen and oxygen atoms in total. The molecule has 37 heavy (non-hydrogen) atoms. The van der Waals surface area contributed by atoms with Gasteiger partial charge >= 0.3 is 12.1 Å². The standard InChI is InChI=1S/C29H38N2O6/c1-28(2,3)24-25(32)31-18-29(36-5,17-23(31)26(33)35-4)21-15-19(22-13-9-8-12-20(22)16-21)11-7-6-10-14-37-27(34)30-24/h8-9,12-13,15-16,23-24H,6-7,10-11,14,17-18H2,1-5H3,(H,30,34)/t23-,24+,29-/m0/s1. The van der Waals surface area contributed by atoms with Crippen molar-refractivity contribution < 1.29 is 28.6 Å². The molecule has 1 N–H and O–H groups in total. The molecule has 0 saturated carbocycles. The lowest BCUT2D eigenvalue weighted by Gasteiger charge is -2.35. The molecule has 1 saturated heterocycles. The molecular formula is C29H38N2O6. The van der Waals surface area contributed by atoms with Gasteiger partial charge in [0, 0.05) is 13.5 Å². The van der Waals surface area contributed by atoms with Gasteiger partial charge in [0.2, 0.25) is 5.91 Å². The maximum atomic E-state index is 14.0. The third-order valence-electron chi connectivity index (χ3n) is 7.64. The van der Waals surface area contributed by atoms with E-state index in [-0.39, 0.29) is 25.5 Å². The van der Waals surface area contributed by atoms with Crippen LogP contribution in [0.3, 0.4) is 0 Å². The maximum absolute atomic E-state index is 14.0. The summed E-state index contributed by atoms with van der Waals surface area (Å²) in [6.45, 7) is 6.05. The Hall–Kier alpha value is -3.13. The van der Waals surface area contributed by atoms with Crippen molar-refractivity contribution in [3.63, 3.8) is 0 Å². The molecule has 4 bridgehead atoms. The molecule has 2 aromatic rings. The zero-order valence-electron chi connectivity index (χ0n) is 22.5. The fraction of sp³-hybridized carbons (Fsp3) is 0.552. The number of amides is 2. The number of ether oxygens (including phenoxy) is 3. The Balaban J connectivity index is 1.86. The summed E-state index contributed by atoms with van der Waals surface area (Å²) >= 11 is 0. The second-order valence-corrected chi connectivity index (χ2v) is 11.2. The Morgan fingerprint density at radius 2 is 1.86 bits per heavy atom. The van der Waals surface area contributed by atoms with Gasteiger partial charge < -0.3 is 24.4 Å². The molecule has 1 fully saturated rings. The number of methoxy groups -OCH3 is 2. The Morgan fingerprint density at radius 1 is 1.11 bits per heavy atom. The number of hydrogen-bond donors (Lipinski definition) is 1. The predicted molar refractivity (Wildman–Crippen MR) is 140 cm³/mol. The van der Waals surface area contributed by atoms with Gasteiger partial charge in [-0.3, -0.25) is 4.79 Å². The zero-order chi connectivity index (χ0) is 26.8. The molecule has 2 aliphatic rings. The molecule has 8 heteroatoms. The highest BCUT2D eigenvalue weighted by molar-refractivity contribution is 5.91. The van der Waals surface area contributed by atoms with Crippen LogP contribution < -0.4 is 5.32 Å². The molecule has 0 aliphatic carbocycles. The molecule has 0 unspecified atom stereocenters. The van der Waals surface area contributed by atoms with E-state index in [1.807, 2.05) is 32.9 Å². The van der Waals surface area contributed by atoms with Gasteiger partial charge in [-0.05, 0) is 59.1 Å². The predicted octanol–water partition coefficient (Wildman–Crippen LogP) is 4.32. The van der Waals surface area contributed by atoms with E-state index in [9.17, 15) is 14.4 Å². The molecule has 2 aromatic carbocycles. The van der Waals surface area contributed by atoms with Gasteiger partial charge in [0.25, 0.3) is 0 Å². The second kappa shape index (κ2) is 10.7. The highest BCUT2D eigenvalue weighted by atomic mass is 16.5. The number of cyclic esters (lactones) is 1. The van der Waals surface area contributed by atoms with Crippen LogP contribution in [0.4, 0.5) is 4.79 Å². The lowest BCUT2D eigenvalue weighted by atomic mass is 9.85. The number of carbonyl (C=O) groups is 3. The van der Waals surface area contributed by atoms with E-state index in [4.69, 9.17) is 14.2 Å². The van der Waals surface area contributed by atoms with Crippen molar-refractivity contribution in [3.05, 3.63) is 47.5 Å². The number of benzene rings is 2.